The molecule has 58 heavy (non-hydrogen) atoms. The average Bonchev–Trinajstić information content (AvgIpc) is 3.78. The molecule has 0 spiro atoms. The largest absolute Gasteiger partial charge is 0.415 e. The number of fused-ring (bicyclic) bond motifs is 6. The van der Waals surface area contributed by atoms with Gasteiger partial charge in [-0.25, -0.2) is 4.85 Å². The van der Waals surface area contributed by atoms with Crippen LogP contribution in [0.25, 0.3) is 76.8 Å². The Morgan fingerprint density at radius 1 is 0.534 bits per heavy atom. The van der Waals surface area contributed by atoms with Crippen LogP contribution in [-0.4, -0.2) is 4.57 Å². The van der Waals surface area contributed by atoms with Crippen molar-refractivity contribution in [3.05, 3.63) is 215 Å². The van der Waals surface area contributed by atoms with Gasteiger partial charge in [-0.2, -0.15) is 18.4 Å². The third-order valence-electron chi connectivity index (χ3n) is 11.4. The summed E-state index contributed by atoms with van der Waals surface area (Å²) < 4.78 is 48.4. The van der Waals surface area contributed by atoms with E-state index in [-0.39, 0.29) is 22.4 Å². The van der Waals surface area contributed by atoms with Crippen molar-refractivity contribution in [3.63, 3.8) is 0 Å². The number of para-hydroxylation sites is 1. The van der Waals surface area contributed by atoms with Gasteiger partial charge in [-0.1, -0.05) is 146 Å². The van der Waals surface area contributed by atoms with Gasteiger partial charge < -0.3 is 4.57 Å². The summed E-state index contributed by atoms with van der Waals surface area (Å²) in [6, 6.07) is 57.7. The monoisotopic (exact) mass is 753 g/mol. The van der Waals surface area contributed by atoms with Gasteiger partial charge in [0, 0.05) is 27.8 Å². The SMILES string of the molecule is [C-]#[N+]c1cccc(C(F)(F)F)c1-c1c(C2c3ccccc3-c3ccc(-c4ccccc4)cc32)cc(C#N)cc1-n1c2ccccc2c2ccc(-c3ccccc3)cc21. The van der Waals surface area contributed by atoms with E-state index >= 15 is 13.2 Å². The smallest absolute Gasteiger partial charge is 0.309 e. The van der Waals surface area contributed by atoms with Crippen LogP contribution >= 0.6 is 0 Å². The first-order valence-electron chi connectivity index (χ1n) is 18.9. The maximum atomic E-state index is 15.5. The van der Waals surface area contributed by atoms with Crippen molar-refractivity contribution >= 4 is 27.5 Å². The number of hydrogen-bond donors (Lipinski definition) is 0. The zero-order chi connectivity index (χ0) is 39.5. The van der Waals surface area contributed by atoms with Crippen LogP contribution in [0.15, 0.2) is 176 Å². The van der Waals surface area contributed by atoms with Crippen molar-refractivity contribution in [3.8, 4) is 56.3 Å². The minimum atomic E-state index is -4.80. The van der Waals surface area contributed by atoms with E-state index in [4.69, 9.17) is 6.57 Å². The Labute approximate surface area is 333 Å². The van der Waals surface area contributed by atoms with E-state index in [0.29, 0.717) is 11.3 Å². The highest BCUT2D eigenvalue weighted by Crippen LogP contribution is 2.55. The molecule has 1 atom stereocenters. The number of alkyl halides is 3. The first-order chi connectivity index (χ1) is 28.3. The number of aromatic nitrogens is 1. The molecule has 1 heterocycles. The molecule has 1 unspecified atom stereocenters. The summed E-state index contributed by atoms with van der Waals surface area (Å²) in [7, 11) is 0. The molecule has 6 heteroatoms. The summed E-state index contributed by atoms with van der Waals surface area (Å²) in [5.74, 6) is -0.579. The first kappa shape index (κ1) is 34.8. The third kappa shape index (κ3) is 5.50. The van der Waals surface area contributed by atoms with Gasteiger partial charge in [0.2, 0.25) is 0 Å². The summed E-state index contributed by atoms with van der Waals surface area (Å²) in [4.78, 5) is 3.75. The van der Waals surface area contributed by atoms with E-state index in [1.165, 1.54) is 12.1 Å². The summed E-state index contributed by atoms with van der Waals surface area (Å²) in [5.41, 5.74) is 9.34. The van der Waals surface area contributed by atoms with Crippen molar-refractivity contribution in [2.24, 2.45) is 0 Å². The van der Waals surface area contributed by atoms with Crippen molar-refractivity contribution in [1.82, 2.24) is 4.57 Å². The van der Waals surface area contributed by atoms with E-state index in [0.717, 1.165) is 72.4 Å². The molecule has 0 amide bonds. The van der Waals surface area contributed by atoms with Crippen LogP contribution < -0.4 is 0 Å². The van der Waals surface area contributed by atoms with Crippen molar-refractivity contribution in [2.45, 2.75) is 12.1 Å². The molecule has 0 radical (unpaired) electrons. The van der Waals surface area contributed by atoms with Crippen LogP contribution in [0.4, 0.5) is 18.9 Å². The Kier molecular flexibility index (Phi) is 8.11. The number of benzene rings is 8. The molecule has 0 fully saturated rings. The second-order valence-electron chi connectivity index (χ2n) is 14.5. The van der Waals surface area contributed by atoms with E-state index in [1.807, 2.05) is 120 Å². The van der Waals surface area contributed by atoms with E-state index in [1.54, 1.807) is 12.1 Å². The number of nitriles is 1. The third-order valence-corrected chi connectivity index (χ3v) is 11.4. The zero-order valence-electron chi connectivity index (χ0n) is 30.8. The molecule has 1 aromatic heterocycles. The van der Waals surface area contributed by atoms with Crippen LogP contribution in [0.3, 0.4) is 0 Å². The van der Waals surface area contributed by atoms with Crippen LogP contribution in [-0.2, 0) is 6.18 Å². The maximum Gasteiger partial charge on any atom is 0.415 e. The molecule has 1 aliphatic rings. The van der Waals surface area contributed by atoms with Gasteiger partial charge in [0.1, 0.15) is 0 Å². The van der Waals surface area contributed by atoms with Gasteiger partial charge in [0.05, 0.1) is 40.5 Å². The average molecular weight is 754 g/mol. The van der Waals surface area contributed by atoms with Crippen LogP contribution in [0, 0.1) is 17.9 Å². The molecule has 0 saturated heterocycles. The normalized spacial score (nSPS) is 13.2. The van der Waals surface area contributed by atoms with Gasteiger partial charge in [-0.05, 0) is 80.4 Å². The zero-order valence-corrected chi connectivity index (χ0v) is 30.8. The van der Waals surface area contributed by atoms with Crippen LogP contribution in [0.5, 0.6) is 0 Å². The fraction of sp³-hybridized carbons (Fsp3) is 0.0385. The Hall–Kier alpha value is -7.67. The molecule has 274 valence electrons. The van der Waals surface area contributed by atoms with Gasteiger partial charge in [0.25, 0.3) is 0 Å². The Morgan fingerprint density at radius 2 is 1.17 bits per heavy atom. The molecule has 3 nitrogen and oxygen atoms in total. The fourth-order valence-corrected chi connectivity index (χ4v) is 8.92. The van der Waals surface area contributed by atoms with Gasteiger partial charge >= 0.3 is 6.18 Å². The molecule has 0 bridgehead atoms. The lowest BCUT2D eigenvalue weighted by molar-refractivity contribution is -0.137. The lowest BCUT2D eigenvalue weighted by Crippen LogP contribution is -2.12. The predicted octanol–water partition coefficient (Wildman–Crippen LogP) is 14.4. The molecule has 1 aliphatic carbocycles. The van der Waals surface area contributed by atoms with E-state index < -0.39 is 17.7 Å². The lowest BCUT2D eigenvalue weighted by Gasteiger charge is -2.26. The quantitative estimate of drug-likeness (QED) is 0.161. The minimum Gasteiger partial charge on any atom is -0.309 e. The topological polar surface area (TPSA) is 33.1 Å². The first-order valence-corrected chi connectivity index (χ1v) is 18.9. The minimum absolute atomic E-state index is 0.127. The molecule has 10 rings (SSSR count). The summed E-state index contributed by atoms with van der Waals surface area (Å²) in [6.07, 6.45) is -4.80. The highest BCUT2D eigenvalue weighted by molar-refractivity contribution is 6.11. The molecule has 9 aromatic rings. The van der Waals surface area contributed by atoms with Gasteiger partial charge in [0.15, 0.2) is 5.69 Å². The van der Waals surface area contributed by atoms with E-state index in [9.17, 15) is 5.26 Å². The van der Waals surface area contributed by atoms with Crippen LogP contribution in [0.1, 0.15) is 33.7 Å². The second kappa shape index (κ2) is 13.5. The van der Waals surface area contributed by atoms with Gasteiger partial charge in [-0.15, -0.1) is 0 Å². The highest BCUT2D eigenvalue weighted by atomic mass is 19.4. The maximum absolute atomic E-state index is 15.5. The molecule has 0 N–H and O–H groups in total. The number of hydrogen-bond acceptors (Lipinski definition) is 1. The molecular weight excluding hydrogens is 724 g/mol. The molecule has 0 aliphatic heterocycles. The standard InChI is InChI=1S/C52H30F3N3/c1-57-45-21-12-20-44(52(53,54)55)51(45)50-43(49-41-19-9-8-17-37(41)38-25-23-35(29-42(38)49)33-13-4-2-5-14-33)27-32(31-56)28-48(50)58-46-22-11-10-18-39(46)40-26-24-36(30-47(40)58)34-15-6-3-7-16-34/h2-30,49H. The predicted molar refractivity (Wildman–Crippen MR) is 226 cm³/mol. The van der Waals surface area contributed by atoms with Crippen molar-refractivity contribution in [1.29, 1.82) is 5.26 Å². The van der Waals surface area contributed by atoms with Crippen LogP contribution in [0.2, 0.25) is 0 Å². The lowest BCUT2D eigenvalue weighted by atomic mass is 9.80. The summed E-state index contributed by atoms with van der Waals surface area (Å²) in [5, 5.41) is 12.6. The van der Waals surface area contributed by atoms with E-state index in [2.05, 4.69) is 41.2 Å². The Morgan fingerprint density at radius 3 is 1.90 bits per heavy atom. The summed E-state index contributed by atoms with van der Waals surface area (Å²) in [6.45, 7) is 8.28. The molecule has 8 aromatic carbocycles. The fourth-order valence-electron chi connectivity index (χ4n) is 8.92. The summed E-state index contributed by atoms with van der Waals surface area (Å²) >= 11 is 0. The van der Waals surface area contributed by atoms with Gasteiger partial charge in [-0.3, -0.25) is 0 Å². The number of nitrogens with zero attached hydrogens (tertiary/aromatic N) is 3. The molecular formula is C52H30F3N3. The molecule has 0 saturated carbocycles. The Balaban J connectivity index is 1.39. The van der Waals surface area contributed by atoms with Crippen molar-refractivity contribution in [2.75, 3.05) is 0 Å². The van der Waals surface area contributed by atoms with Crippen molar-refractivity contribution < 1.29 is 13.2 Å². The Bertz CT molecular complexity index is 3180. The number of halogens is 3. The highest BCUT2D eigenvalue weighted by Gasteiger charge is 2.39. The number of rotatable bonds is 5. The second-order valence-corrected chi connectivity index (χ2v) is 14.5.